The topological polar surface area (TPSA) is 58.6 Å². The van der Waals surface area contributed by atoms with Crippen LogP contribution in [0.1, 0.15) is 23.1 Å². The highest BCUT2D eigenvalue weighted by atomic mass is 16.5. The molecule has 0 bridgehead atoms. The number of hydrogen-bond acceptors (Lipinski definition) is 3. The number of rotatable bonds is 7. The number of carbonyl (C=O) groups is 1. The van der Waals surface area contributed by atoms with Crippen LogP contribution >= 0.6 is 0 Å². The van der Waals surface area contributed by atoms with Gasteiger partial charge in [0.05, 0.1) is 6.61 Å². The highest BCUT2D eigenvalue weighted by Crippen LogP contribution is 2.06. The number of aliphatic hydroxyl groups excluding tert-OH is 1. The minimum Gasteiger partial charge on any atom is -0.445 e. The van der Waals surface area contributed by atoms with E-state index in [1.807, 2.05) is 66.7 Å². The van der Waals surface area contributed by atoms with Crippen LogP contribution in [0.4, 0.5) is 4.79 Å². The lowest BCUT2D eigenvalue weighted by Crippen LogP contribution is -2.24. The van der Waals surface area contributed by atoms with Gasteiger partial charge >= 0.3 is 6.09 Å². The summed E-state index contributed by atoms with van der Waals surface area (Å²) in [5, 5.41) is 11.7. The molecule has 2 aromatic carbocycles. The molecule has 2 N–H and O–H groups in total. The van der Waals surface area contributed by atoms with E-state index in [9.17, 15) is 4.79 Å². The predicted molar refractivity (Wildman–Crippen MR) is 90.6 cm³/mol. The van der Waals surface area contributed by atoms with Gasteiger partial charge in [-0.3, -0.25) is 0 Å². The first kappa shape index (κ1) is 16.8. The minimum atomic E-state index is -0.408. The van der Waals surface area contributed by atoms with Crippen LogP contribution in [0, 0.1) is 0 Å². The monoisotopic (exact) mass is 311 g/mol. The van der Waals surface area contributed by atoms with Crippen LogP contribution in [0.15, 0.2) is 60.7 Å². The molecule has 4 nitrogen and oxygen atoms in total. The van der Waals surface area contributed by atoms with Crippen molar-refractivity contribution in [1.82, 2.24) is 5.32 Å². The van der Waals surface area contributed by atoms with Crippen LogP contribution in [-0.2, 0) is 18.0 Å². The van der Waals surface area contributed by atoms with Crippen molar-refractivity contribution in [2.45, 2.75) is 19.6 Å². The lowest BCUT2D eigenvalue weighted by Gasteiger charge is -2.05. The Morgan fingerprint density at radius 1 is 1.04 bits per heavy atom. The second kappa shape index (κ2) is 9.43. The second-order valence-corrected chi connectivity index (χ2v) is 5.08. The Balaban J connectivity index is 1.62. The van der Waals surface area contributed by atoms with Crippen LogP contribution in [-0.4, -0.2) is 17.7 Å². The maximum Gasteiger partial charge on any atom is 0.407 e. The first-order chi connectivity index (χ1) is 11.3. The standard InChI is InChI=1S/C19H21NO3/c21-14-17-11-9-16(10-12-17)6-4-5-13-20-19(22)23-15-18-7-2-1-3-8-18/h1-4,6-12,21H,5,13-15H2,(H,20,22). The maximum absolute atomic E-state index is 11.5. The number of alkyl carbamates (subject to hydrolysis) is 1. The van der Waals surface area contributed by atoms with Crippen molar-refractivity contribution in [3.05, 3.63) is 77.4 Å². The fraction of sp³-hybridized carbons (Fsp3) is 0.211. The third-order valence-corrected chi connectivity index (χ3v) is 3.27. The van der Waals surface area contributed by atoms with E-state index in [-0.39, 0.29) is 13.2 Å². The molecule has 0 saturated heterocycles. The average Bonchev–Trinajstić information content (AvgIpc) is 2.61. The largest absolute Gasteiger partial charge is 0.445 e. The molecule has 0 aliphatic heterocycles. The molecule has 2 aromatic rings. The first-order valence-electron chi connectivity index (χ1n) is 7.59. The highest BCUT2D eigenvalue weighted by Gasteiger charge is 2.00. The Kier molecular flexibility index (Phi) is 6.88. The Bertz CT molecular complexity index is 621. The molecule has 23 heavy (non-hydrogen) atoms. The normalized spacial score (nSPS) is 10.7. The number of carbonyl (C=O) groups excluding carboxylic acids is 1. The average molecular weight is 311 g/mol. The molecular weight excluding hydrogens is 290 g/mol. The summed E-state index contributed by atoms with van der Waals surface area (Å²) in [5.74, 6) is 0. The van der Waals surface area contributed by atoms with E-state index in [0.717, 1.165) is 23.1 Å². The fourth-order valence-electron chi connectivity index (χ4n) is 1.99. The van der Waals surface area contributed by atoms with E-state index in [0.29, 0.717) is 6.54 Å². The summed E-state index contributed by atoms with van der Waals surface area (Å²) in [6.07, 6.45) is 4.29. The van der Waals surface area contributed by atoms with Crippen molar-refractivity contribution in [2.24, 2.45) is 0 Å². The van der Waals surface area contributed by atoms with Gasteiger partial charge in [-0.05, 0) is 23.1 Å². The number of hydrogen-bond donors (Lipinski definition) is 2. The second-order valence-electron chi connectivity index (χ2n) is 5.08. The van der Waals surface area contributed by atoms with Gasteiger partial charge in [-0.1, -0.05) is 66.7 Å². The number of nitrogens with one attached hydrogen (secondary N) is 1. The van der Waals surface area contributed by atoms with E-state index in [4.69, 9.17) is 9.84 Å². The van der Waals surface area contributed by atoms with Crippen molar-refractivity contribution in [3.63, 3.8) is 0 Å². The quantitative estimate of drug-likeness (QED) is 0.769. The van der Waals surface area contributed by atoms with Gasteiger partial charge in [0.15, 0.2) is 0 Å². The molecule has 0 aliphatic rings. The molecule has 0 spiro atoms. The van der Waals surface area contributed by atoms with Gasteiger partial charge in [0.1, 0.15) is 6.61 Å². The zero-order chi connectivity index (χ0) is 16.3. The van der Waals surface area contributed by atoms with E-state index < -0.39 is 6.09 Å². The predicted octanol–water partition coefficient (Wildman–Crippen LogP) is 3.51. The fourth-order valence-corrected chi connectivity index (χ4v) is 1.99. The summed E-state index contributed by atoms with van der Waals surface area (Å²) in [6, 6.07) is 17.2. The van der Waals surface area contributed by atoms with Crippen molar-refractivity contribution < 1.29 is 14.6 Å². The molecule has 0 aliphatic carbocycles. The Labute approximate surface area is 136 Å². The van der Waals surface area contributed by atoms with Gasteiger partial charge in [-0.25, -0.2) is 4.79 Å². The van der Waals surface area contributed by atoms with Gasteiger partial charge in [-0.15, -0.1) is 0 Å². The Morgan fingerprint density at radius 3 is 2.48 bits per heavy atom. The van der Waals surface area contributed by atoms with Gasteiger partial charge in [0.25, 0.3) is 0 Å². The Morgan fingerprint density at radius 2 is 1.78 bits per heavy atom. The van der Waals surface area contributed by atoms with E-state index in [2.05, 4.69) is 5.32 Å². The molecule has 120 valence electrons. The molecule has 4 heteroatoms. The van der Waals surface area contributed by atoms with Gasteiger partial charge in [0, 0.05) is 6.54 Å². The molecule has 0 atom stereocenters. The number of ether oxygens (including phenoxy) is 1. The molecule has 0 heterocycles. The maximum atomic E-state index is 11.5. The van der Waals surface area contributed by atoms with Crippen LogP contribution in [0.5, 0.6) is 0 Å². The molecule has 0 radical (unpaired) electrons. The van der Waals surface area contributed by atoms with Crippen molar-refractivity contribution in [3.8, 4) is 0 Å². The molecule has 0 fully saturated rings. The lowest BCUT2D eigenvalue weighted by atomic mass is 10.1. The lowest BCUT2D eigenvalue weighted by molar-refractivity contribution is 0.140. The van der Waals surface area contributed by atoms with Crippen LogP contribution in [0.25, 0.3) is 6.08 Å². The molecular formula is C19H21NO3. The third kappa shape index (κ3) is 6.36. The van der Waals surface area contributed by atoms with E-state index >= 15 is 0 Å². The molecule has 0 aromatic heterocycles. The van der Waals surface area contributed by atoms with Crippen molar-refractivity contribution in [2.75, 3.05) is 6.54 Å². The van der Waals surface area contributed by atoms with Crippen molar-refractivity contribution >= 4 is 12.2 Å². The minimum absolute atomic E-state index is 0.0546. The summed E-state index contributed by atoms with van der Waals surface area (Å²) in [7, 11) is 0. The molecule has 0 unspecified atom stereocenters. The SMILES string of the molecule is O=C(NCCC=Cc1ccc(CO)cc1)OCc1ccccc1. The van der Waals surface area contributed by atoms with E-state index in [1.165, 1.54) is 0 Å². The zero-order valence-corrected chi connectivity index (χ0v) is 12.9. The number of amides is 1. The smallest absolute Gasteiger partial charge is 0.407 e. The van der Waals surface area contributed by atoms with Crippen LogP contribution in [0.2, 0.25) is 0 Å². The molecule has 2 rings (SSSR count). The molecule has 0 saturated carbocycles. The Hall–Kier alpha value is -2.59. The van der Waals surface area contributed by atoms with Crippen LogP contribution < -0.4 is 5.32 Å². The summed E-state index contributed by atoms with van der Waals surface area (Å²) < 4.78 is 5.12. The van der Waals surface area contributed by atoms with Gasteiger partial charge in [-0.2, -0.15) is 0 Å². The van der Waals surface area contributed by atoms with E-state index in [1.54, 1.807) is 0 Å². The summed E-state index contributed by atoms with van der Waals surface area (Å²) in [5.41, 5.74) is 2.92. The first-order valence-corrected chi connectivity index (χ1v) is 7.59. The summed E-state index contributed by atoms with van der Waals surface area (Å²) in [6.45, 7) is 0.859. The highest BCUT2D eigenvalue weighted by molar-refractivity contribution is 5.67. The van der Waals surface area contributed by atoms with Gasteiger partial charge < -0.3 is 15.2 Å². The van der Waals surface area contributed by atoms with Crippen LogP contribution in [0.3, 0.4) is 0 Å². The number of aliphatic hydroxyl groups is 1. The van der Waals surface area contributed by atoms with Gasteiger partial charge in [0.2, 0.25) is 0 Å². The summed E-state index contributed by atoms with van der Waals surface area (Å²) in [4.78, 5) is 11.5. The summed E-state index contributed by atoms with van der Waals surface area (Å²) >= 11 is 0. The zero-order valence-electron chi connectivity index (χ0n) is 12.9. The third-order valence-electron chi connectivity index (χ3n) is 3.27. The van der Waals surface area contributed by atoms with Crippen molar-refractivity contribution in [1.29, 1.82) is 0 Å². The number of benzene rings is 2. The molecule has 1 amide bonds.